The van der Waals surface area contributed by atoms with Crippen LogP contribution in [0.5, 0.6) is 0 Å². The second-order valence-electron chi connectivity index (χ2n) is 9.01. The summed E-state index contributed by atoms with van der Waals surface area (Å²) < 4.78 is 18.8. The number of hydrogen-bond acceptors (Lipinski definition) is 6. The first-order valence-electron chi connectivity index (χ1n) is 11.1. The van der Waals surface area contributed by atoms with Crippen molar-refractivity contribution in [1.82, 2.24) is 9.88 Å². The van der Waals surface area contributed by atoms with E-state index in [9.17, 15) is 9.18 Å². The van der Waals surface area contributed by atoms with Crippen LogP contribution in [0.25, 0.3) is 10.2 Å². The van der Waals surface area contributed by atoms with Gasteiger partial charge in [0, 0.05) is 24.3 Å². The van der Waals surface area contributed by atoms with Crippen LogP contribution in [0.4, 0.5) is 10.1 Å². The Kier molecular flexibility index (Phi) is 7.48. The molecule has 7 heteroatoms. The molecule has 0 amide bonds. The Morgan fingerprint density at radius 2 is 1.91 bits per heavy atom. The molecule has 2 aliphatic rings. The summed E-state index contributed by atoms with van der Waals surface area (Å²) >= 11 is 3.16. The van der Waals surface area contributed by atoms with E-state index in [1.807, 2.05) is 29.8 Å². The highest BCUT2D eigenvalue weighted by Gasteiger charge is 2.46. The monoisotopic (exact) mass is 471 g/mol. The van der Waals surface area contributed by atoms with Gasteiger partial charge in [0.05, 0.1) is 20.6 Å². The molecule has 170 valence electrons. The second-order valence-corrected chi connectivity index (χ2v) is 10.7. The van der Waals surface area contributed by atoms with Crippen molar-refractivity contribution >= 4 is 45.5 Å². The van der Waals surface area contributed by atoms with Gasteiger partial charge in [-0.05, 0) is 92.9 Å². The fourth-order valence-electron chi connectivity index (χ4n) is 4.41. The predicted octanol–water partition coefficient (Wildman–Crippen LogP) is 6.69. The average molecular weight is 472 g/mol. The van der Waals surface area contributed by atoms with E-state index in [0.717, 1.165) is 67.1 Å². The molecule has 4 nitrogen and oxygen atoms in total. The number of alkyl halides is 1. The van der Waals surface area contributed by atoms with Crippen molar-refractivity contribution in [2.24, 2.45) is 11.8 Å². The lowest BCUT2D eigenvalue weighted by Gasteiger charge is -2.46. The first-order valence-corrected chi connectivity index (χ1v) is 12.8. The number of fused-ring (bicyclic) bond motifs is 1. The minimum atomic E-state index is -0.807. The number of anilines is 1. The number of aldehydes is 1. The highest BCUT2D eigenvalue weighted by Crippen LogP contribution is 2.47. The number of piperidine rings is 1. The lowest BCUT2D eigenvalue weighted by atomic mass is 9.65. The fraction of sp³-hybridized carbons (Fsp3) is 0.440. The molecule has 0 spiro atoms. The molecule has 0 radical (unpaired) electrons. The van der Waals surface area contributed by atoms with Crippen molar-refractivity contribution in [2.45, 2.75) is 43.2 Å². The van der Waals surface area contributed by atoms with Crippen LogP contribution >= 0.6 is 23.3 Å². The van der Waals surface area contributed by atoms with Gasteiger partial charge in [-0.2, -0.15) is 0 Å². The van der Waals surface area contributed by atoms with Crippen LogP contribution in [-0.2, 0) is 0 Å². The van der Waals surface area contributed by atoms with Crippen molar-refractivity contribution in [2.75, 3.05) is 24.9 Å². The van der Waals surface area contributed by atoms with Crippen molar-refractivity contribution in [1.29, 1.82) is 0 Å². The molecule has 2 aromatic carbocycles. The van der Waals surface area contributed by atoms with Gasteiger partial charge in [-0.3, -0.25) is 4.79 Å². The molecular weight excluding hydrogens is 441 g/mol. The van der Waals surface area contributed by atoms with E-state index in [-0.39, 0.29) is 0 Å². The maximum atomic E-state index is 14.3. The minimum Gasteiger partial charge on any atom is -0.326 e. The lowest BCUT2D eigenvalue weighted by Crippen LogP contribution is -2.48. The molecule has 5 rings (SSSR count). The molecular formula is C25H30FN3OS2. The Balaban J connectivity index is 0.000000165. The molecule has 1 aromatic heterocycles. The summed E-state index contributed by atoms with van der Waals surface area (Å²) in [7, 11) is 2.09. The van der Waals surface area contributed by atoms with Gasteiger partial charge in [-0.15, -0.1) is 11.3 Å². The third-order valence-electron chi connectivity index (χ3n) is 6.57. The zero-order valence-corrected chi connectivity index (χ0v) is 20.2. The lowest BCUT2D eigenvalue weighted by molar-refractivity contribution is -0.0384. The number of halogens is 1. The maximum absolute atomic E-state index is 14.3. The number of nitrogens with zero attached hydrogens (tertiary/aromatic N) is 2. The average Bonchev–Trinajstić information content (AvgIpc) is 3.28. The molecule has 2 heterocycles. The van der Waals surface area contributed by atoms with Crippen LogP contribution in [0.2, 0.25) is 0 Å². The quantitative estimate of drug-likeness (QED) is 0.332. The molecule has 0 bridgehead atoms. The molecule has 2 fully saturated rings. The van der Waals surface area contributed by atoms with Gasteiger partial charge in [-0.25, -0.2) is 9.37 Å². The van der Waals surface area contributed by atoms with Gasteiger partial charge in [0.25, 0.3) is 0 Å². The molecule has 1 aliphatic heterocycles. The van der Waals surface area contributed by atoms with Crippen LogP contribution in [0.3, 0.4) is 0 Å². The van der Waals surface area contributed by atoms with Crippen molar-refractivity contribution in [3.8, 4) is 0 Å². The molecule has 1 saturated carbocycles. The fourth-order valence-corrected chi connectivity index (χ4v) is 5.95. The number of para-hydroxylation sites is 1. The van der Waals surface area contributed by atoms with Gasteiger partial charge < -0.3 is 9.62 Å². The van der Waals surface area contributed by atoms with Crippen LogP contribution < -0.4 is 4.72 Å². The molecule has 3 aromatic rings. The number of hydrogen-bond donors (Lipinski definition) is 1. The highest BCUT2D eigenvalue weighted by molar-refractivity contribution is 8.00. The van der Waals surface area contributed by atoms with Gasteiger partial charge in [0.1, 0.15) is 12.0 Å². The van der Waals surface area contributed by atoms with E-state index in [2.05, 4.69) is 34.6 Å². The van der Waals surface area contributed by atoms with Crippen LogP contribution in [0.15, 0.2) is 52.9 Å². The van der Waals surface area contributed by atoms with Gasteiger partial charge >= 0.3 is 0 Å². The number of benzene rings is 2. The first kappa shape index (κ1) is 23.2. The Hall–Kier alpha value is -1.96. The number of nitrogens with one attached hydrogen (secondary N) is 1. The van der Waals surface area contributed by atoms with Gasteiger partial charge in [0.15, 0.2) is 0 Å². The van der Waals surface area contributed by atoms with Crippen molar-refractivity contribution in [3.63, 3.8) is 0 Å². The molecule has 1 aliphatic carbocycles. The van der Waals surface area contributed by atoms with E-state index in [1.54, 1.807) is 23.5 Å². The normalized spacial score (nSPS) is 22.5. The Bertz CT molecular complexity index is 1030. The predicted molar refractivity (Wildman–Crippen MR) is 133 cm³/mol. The third kappa shape index (κ3) is 5.50. The smallest absolute Gasteiger partial charge is 0.150 e. The topological polar surface area (TPSA) is 45.2 Å². The zero-order chi connectivity index (χ0) is 22.6. The van der Waals surface area contributed by atoms with Crippen LogP contribution in [0, 0.1) is 11.8 Å². The summed E-state index contributed by atoms with van der Waals surface area (Å²) in [5.41, 5.74) is 3.71. The third-order valence-corrected chi connectivity index (χ3v) is 8.25. The van der Waals surface area contributed by atoms with Crippen molar-refractivity contribution in [3.05, 3.63) is 53.5 Å². The Morgan fingerprint density at radius 3 is 2.56 bits per heavy atom. The summed E-state index contributed by atoms with van der Waals surface area (Å²) in [5, 5.41) is 0. The maximum Gasteiger partial charge on any atom is 0.150 e. The summed E-state index contributed by atoms with van der Waals surface area (Å²) in [6.07, 6.45) is 4.62. The van der Waals surface area contributed by atoms with Crippen molar-refractivity contribution < 1.29 is 9.18 Å². The SMILES string of the molecule is CC1CC(C2(F)CCN(C)CC2)C1.O=Cc1ccc(NSc2cccc3scnc23)cc1. The molecule has 0 unspecified atom stereocenters. The number of thiazole rings is 1. The molecule has 1 saturated heterocycles. The zero-order valence-electron chi connectivity index (χ0n) is 18.6. The number of carbonyl (C=O) groups excluding carboxylic acids is 1. The Labute approximate surface area is 197 Å². The van der Waals surface area contributed by atoms with E-state index < -0.39 is 5.67 Å². The van der Waals surface area contributed by atoms with E-state index in [0.29, 0.717) is 11.5 Å². The summed E-state index contributed by atoms with van der Waals surface area (Å²) in [6.45, 7) is 4.12. The standard InChI is InChI=1S/C14H10N2OS2.C11H20FN/c17-8-10-4-6-11(7-5-10)16-19-13-3-1-2-12-14(13)15-9-18-12;1-9-7-10(8-9)11(12)3-5-13(2)6-4-11/h1-9,16H;9-10H,3-8H2,1-2H3. The summed E-state index contributed by atoms with van der Waals surface area (Å²) in [6, 6.07) is 13.5. The van der Waals surface area contributed by atoms with E-state index in [4.69, 9.17) is 0 Å². The number of carbonyl (C=O) groups is 1. The number of rotatable bonds is 5. The first-order chi connectivity index (χ1) is 15.5. The summed E-state index contributed by atoms with van der Waals surface area (Å²) in [5.74, 6) is 1.16. The second kappa shape index (κ2) is 10.3. The number of aromatic nitrogens is 1. The van der Waals surface area contributed by atoms with Gasteiger partial charge in [0.2, 0.25) is 0 Å². The molecule has 1 N–H and O–H groups in total. The van der Waals surface area contributed by atoms with Crippen LogP contribution in [-0.4, -0.2) is 42.0 Å². The summed E-state index contributed by atoms with van der Waals surface area (Å²) in [4.78, 5) is 18.3. The van der Waals surface area contributed by atoms with Crippen LogP contribution in [0.1, 0.15) is 43.0 Å². The largest absolute Gasteiger partial charge is 0.326 e. The molecule has 32 heavy (non-hydrogen) atoms. The Morgan fingerprint density at radius 1 is 1.19 bits per heavy atom. The minimum absolute atomic E-state index is 0.385. The molecule has 0 atom stereocenters. The van der Waals surface area contributed by atoms with E-state index in [1.165, 1.54) is 16.6 Å². The van der Waals surface area contributed by atoms with Gasteiger partial charge in [-0.1, -0.05) is 13.0 Å². The van der Waals surface area contributed by atoms with E-state index >= 15 is 0 Å². The number of likely N-dealkylation sites (tertiary alicyclic amines) is 1. The highest BCUT2D eigenvalue weighted by atomic mass is 32.2.